The molecule has 1 aromatic carbocycles. The number of hydrogen-bond donors (Lipinski definition) is 1. The summed E-state index contributed by atoms with van der Waals surface area (Å²) in [7, 11) is -2.31. The van der Waals surface area contributed by atoms with E-state index in [2.05, 4.69) is 0 Å². The van der Waals surface area contributed by atoms with Gasteiger partial charge in [-0.15, -0.1) is 0 Å². The molecule has 94 valence electrons. The normalized spacial score (nSPS) is 16.9. The molecular weight excluding hydrogens is 256 g/mol. The van der Waals surface area contributed by atoms with E-state index in [1.165, 1.54) is 7.11 Å². The van der Waals surface area contributed by atoms with E-state index in [1.807, 2.05) is 0 Å². The van der Waals surface area contributed by atoms with E-state index in [0.29, 0.717) is 16.9 Å². The van der Waals surface area contributed by atoms with Crippen LogP contribution in [0.1, 0.15) is 5.56 Å². The van der Waals surface area contributed by atoms with Gasteiger partial charge >= 0.3 is 5.97 Å². The van der Waals surface area contributed by atoms with E-state index in [-0.39, 0.29) is 0 Å². The Bertz CT molecular complexity index is 650. The molecule has 18 heavy (non-hydrogen) atoms. The number of rotatable bonds is 3. The Hall–Kier alpha value is -2.08. The number of aliphatic carboxylic acids is 1. The minimum absolute atomic E-state index is 0.357. The van der Waals surface area contributed by atoms with Crippen LogP contribution in [0.25, 0.3) is 5.57 Å². The predicted octanol–water partition coefficient (Wildman–Crippen LogP) is 1.43. The summed E-state index contributed by atoms with van der Waals surface area (Å²) in [5.41, 5.74) is 0.977. The van der Waals surface area contributed by atoms with Crippen LogP contribution in [0.4, 0.5) is 0 Å². The number of hydrogen-bond acceptors (Lipinski definition) is 4. The Morgan fingerprint density at radius 3 is 2.28 bits per heavy atom. The molecule has 0 aromatic heterocycles. The van der Waals surface area contributed by atoms with Gasteiger partial charge in [0.1, 0.15) is 5.75 Å². The summed E-state index contributed by atoms with van der Waals surface area (Å²) in [5.74, 6) is -0.808. The summed E-state index contributed by atoms with van der Waals surface area (Å²) < 4.78 is 28.1. The van der Waals surface area contributed by atoms with Crippen LogP contribution in [-0.4, -0.2) is 26.6 Å². The molecule has 2 rings (SSSR count). The molecule has 0 saturated carbocycles. The fourth-order valence-corrected chi connectivity index (χ4v) is 2.81. The van der Waals surface area contributed by atoms with Crippen molar-refractivity contribution in [3.05, 3.63) is 46.2 Å². The van der Waals surface area contributed by atoms with Gasteiger partial charge in [0.25, 0.3) is 0 Å². The van der Waals surface area contributed by atoms with Gasteiger partial charge in [0.15, 0.2) is 4.91 Å². The van der Waals surface area contributed by atoms with E-state index in [4.69, 9.17) is 9.84 Å². The predicted molar refractivity (Wildman–Crippen MR) is 65.6 cm³/mol. The second-order valence-corrected chi connectivity index (χ2v) is 5.43. The number of sulfone groups is 1. The van der Waals surface area contributed by atoms with Gasteiger partial charge in [0, 0.05) is 5.41 Å². The van der Waals surface area contributed by atoms with Crippen molar-refractivity contribution in [1.29, 1.82) is 0 Å². The lowest BCUT2D eigenvalue weighted by atomic mass is 10.1. The first-order valence-electron chi connectivity index (χ1n) is 5.00. The molecule has 0 aliphatic carbocycles. The number of carboxylic acids is 1. The average molecular weight is 266 g/mol. The molecule has 0 saturated heterocycles. The zero-order valence-corrected chi connectivity index (χ0v) is 10.3. The van der Waals surface area contributed by atoms with E-state index in [9.17, 15) is 13.2 Å². The SMILES string of the molecule is COc1ccc(C2=CS(=O)(=O)C(C(=O)O)=C2)cc1. The van der Waals surface area contributed by atoms with Gasteiger partial charge in [-0.1, -0.05) is 12.1 Å². The van der Waals surface area contributed by atoms with E-state index in [1.54, 1.807) is 24.3 Å². The lowest BCUT2D eigenvalue weighted by Gasteiger charge is -2.01. The summed E-state index contributed by atoms with van der Waals surface area (Å²) >= 11 is 0. The minimum Gasteiger partial charge on any atom is -0.497 e. The van der Waals surface area contributed by atoms with Gasteiger partial charge in [0.05, 0.1) is 7.11 Å². The molecule has 1 N–H and O–H groups in total. The van der Waals surface area contributed by atoms with Gasteiger partial charge in [-0.25, -0.2) is 13.2 Å². The summed E-state index contributed by atoms with van der Waals surface area (Å²) in [6, 6.07) is 6.69. The molecule has 0 radical (unpaired) electrons. The maximum Gasteiger partial charge on any atom is 0.347 e. The first-order valence-corrected chi connectivity index (χ1v) is 6.55. The van der Waals surface area contributed by atoms with Crippen molar-refractivity contribution in [3.8, 4) is 5.75 Å². The molecule has 0 fully saturated rings. The summed E-state index contributed by atoms with van der Waals surface area (Å²) in [5, 5.41) is 9.75. The zero-order chi connectivity index (χ0) is 13.3. The molecule has 0 amide bonds. The highest BCUT2D eigenvalue weighted by atomic mass is 32.2. The third kappa shape index (κ3) is 2.14. The third-order valence-corrected chi connectivity index (χ3v) is 3.98. The van der Waals surface area contributed by atoms with Crippen molar-refractivity contribution >= 4 is 21.4 Å². The number of ether oxygens (including phenoxy) is 1. The molecule has 1 aromatic rings. The number of benzene rings is 1. The van der Waals surface area contributed by atoms with Gasteiger partial charge in [-0.05, 0) is 29.3 Å². The molecule has 5 nitrogen and oxygen atoms in total. The highest BCUT2D eigenvalue weighted by Gasteiger charge is 2.28. The molecule has 1 aliphatic heterocycles. The van der Waals surface area contributed by atoms with Gasteiger partial charge in [-0.3, -0.25) is 0 Å². The number of allylic oxidation sites excluding steroid dienone is 2. The number of carboxylic acid groups (broad SMARTS) is 1. The fourth-order valence-electron chi connectivity index (χ4n) is 1.61. The minimum atomic E-state index is -3.83. The maximum atomic E-state index is 11.6. The summed E-state index contributed by atoms with van der Waals surface area (Å²) in [6.07, 6.45) is 1.15. The second kappa shape index (κ2) is 4.30. The smallest absolute Gasteiger partial charge is 0.347 e. The molecule has 0 unspecified atom stereocenters. The third-order valence-electron chi connectivity index (χ3n) is 2.51. The number of methoxy groups -OCH3 is 1. The van der Waals surface area contributed by atoms with Crippen LogP contribution in [-0.2, 0) is 14.6 Å². The van der Waals surface area contributed by atoms with Gasteiger partial charge < -0.3 is 9.84 Å². The Kier molecular flexibility index (Phi) is 2.96. The highest BCUT2D eigenvalue weighted by molar-refractivity contribution is 7.99. The standard InChI is InChI=1S/C12H10O5S/c1-17-10-4-2-8(3-5-10)9-6-11(12(13)14)18(15,16)7-9/h2-7H,1H3,(H,13,14). The van der Waals surface area contributed by atoms with Crippen LogP contribution in [0.3, 0.4) is 0 Å². The molecule has 1 aliphatic rings. The van der Waals surface area contributed by atoms with Crippen LogP contribution in [0, 0.1) is 0 Å². The molecule has 1 heterocycles. The quantitative estimate of drug-likeness (QED) is 0.895. The van der Waals surface area contributed by atoms with Crippen LogP contribution in [0.2, 0.25) is 0 Å². The van der Waals surface area contributed by atoms with Crippen LogP contribution in [0.15, 0.2) is 40.7 Å². The Morgan fingerprint density at radius 1 is 1.22 bits per heavy atom. The van der Waals surface area contributed by atoms with E-state index < -0.39 is 20.7 Å². The van der Waals surface area contributed by atoms with Crippen molar-refractivity contribution in [2.24, 2.45) is 0 Å². The van der Waals surface area contributed by atoms with Crippen LogP contribution in [0.5, 0.6) is 5.75 Å². The van der Waals surface area contributed by atoms with Gasteiger partial charge in [-0.2, -0.15) is 0 Å². The molecule has 6 heteroatoms. The van der Waals surface area contributed by atoms with Crippen molar-refractivity contribution in [1.82, 2.24) is 0 Å². The van der Waals surface area contributed by atoms with Crippen molar-refractivity contribution in [3.63, 3.8) is 0 Å². The molecule has 0 spiro atoms. The zero-order valence-electron chi connectivity index (χ0n) is 9.45. The van der Waals surface area contributed by atoms with Crippen LogP contribution < -0.4 is 4.74 Å². The lowest BCUT2D eigenvalue weighted by Crippen LogP contribution is -2.07. The summed E-state index contributed by atoms with van der Waals surface area (Å²) in [4.78, 5) is 10.2. The first-order chi connectivity index (χ1) is 8.44. The van der Waals surface area contributed by atoms with E-state index in [0.717, 1.165) is 11.5 Å². The van der Waals surface area contributed by atoms with Crippen molar-refractivity contribution in [2.75, 3.05) is 7.11 Å². The van der Waals surface area contributed by atoms with Crippen molar-refractivity contribution in [2.45, 2.75) is 0 Å². The second-order valence-electron chi connectivity index (χ2n) is 3.66. The monoisotopic (exact) mass is 266 g/mol. The first kappa shape index (κ1) is 12.4. The van der Waals surface area contributed by atoms with Crippen molar-refractivity contribution < 1.29 is 23.1 Å². The topological polar surface area (TPSA) is 80.7 Å². The largest absolute Gasteiger partial charge is 0.497 e. The summed E-state index contributed by atoms with van der Waals surface area (Å²) in [6.45, 7) is 0. The van der Waals surface area contributed by atoms with E-state index >= 15 is 0 Å². The molecule has 0 atom stereocenters. The van der Waals surface area contributed by atoms with Gasteiger partial charge in [0.2, 0.25) is 9.84 Å². The van der Waals surface area contributed by atoms with Crippen LogP contribution >= 0.6 is 0 Å². The number of carbonyl (C=O) groups is 1. The highest BCUT2D eigenvalue weighted by Crippen LogP contribution is 2.30. The molecule has 0 bridgehead atoms. The maximum absolute atomic E-state index is 11.6. The Labute approximate surface area is 104 Å². The lowest BCUT2D eigenvalue weighted by molar-refractivity contribution is -0.131. The Morgan fingerprint density at radius 2 is 1.83 bits per heavy atom. The Balaban J connectivity index is 2.44. The average Bonchev–Trinajstić information content (AvgIpc) is 2.65. The fraction of sp³-hybridized carbons (Fsp3) is 0.0833. The molecular formula is C12H10O5S.